The van der Waals surface area contributed by atoms with Crippen LogP contribution >= 0.6 is 0 Å². The van der Waals surface area contributed by atoms with E-state index in [1.807, 2.05) is 37.3 Å². The van der Waals surface area contributed by atoms with Gasteiger partial charge < -0.3 is 15.0 Å². The Labute approximate surface area is 148 Å². The van der Waals surface area contributed by atoms with Gasteiger partial charge in [0.05, 0.1) is 6.10 Å². The number of rotatable bonds is 7. The van der Waals surface area contributed by atoms with Crippen LogP contribution in [0.3, 0.4) is 0 Å². The van der Waals surface area contributed by atoms with Crippen molar-refractivity contribution in [1.29, 1.82) is 0 Å². The van der Waals surface area contributed by atoms with Crippen LogP contribution in [-0.4, -0.2) is 46.6 Å². The van der Waals surface area contributed by atoms with E-state index in [0.29, 0.717) is 31.1 Å². The summed E-state index contributed by atoms with van der Waals surface area (Å²) in [4.78, 5) is 22.9. The number of aromatic nitrogens is 2. The largest absolute Gasteiger partial charge is 0.376 e. The minimum Gasteiger partial charge on any atom is -0.376 e. The van der Waals surface area contributed by atoms with Crippen molar-refractivity contribution in [3.63, 3.8) is 0 Å². The SMILES string of the molecule is CCN(Cc1ccccc1)C(=O)c1cc(NCC2CCCO2)ncn1. The van der Waals surface area contributed by atoms with E-state index in [0.717, 1.165) is 25.0 Å². The van der Waals surface area contributed by atoms with E-state index < -0.39 is 0 Å². The summed E-state index contributed by atoms with van der Waals surface area (Å²) in [7, 11) is 0. The Morgan fingerprint density at radius 2 is 2.16 bits per heavy atom. The average molecular weight is 340 g/mol. The molecule has 0 radical (unpaired) electrons. The van der Waals surface area contributed by atoms with E-state index in [2.05, 4.69) is 15.3 Å². The lowest BCUT2D eigenvalue weighted by Gasteiger charge is -2.21. The molecule has 132 valence electrons. The van der Waals surface area contributed by atoms with Gasteiger partial charge in [-0.15, -0.1) is 0 Å². The lowest BCUT2D eigenvalue weighted by Crippen LogP contribution is -2.31. The van der Waals surface area contributed by atoms with Crippen molar-refractivity contribution < 1.29 is 9.53 Å². The van der Waals surface area contributed by atoms with Crippen molar-refractivity contribution in [2.45, 2.75) is 32.4 Å². The fourth-order valence-corrected chi connectivity index (χ4v) is 2.89. The van der Waals surface area contributed by atoms with E-state index >= 15 is 0 Å². The number of benzene rings is 1. The Morgan fingerprint density at radius 3 is 2.88 bits per heavy atom. The summed E-state index contributed by atoms with van der Waals surface area (Å²) in [6.07, 6.45) is 3.82. The van der Waals surface area contributed by atoms with E-state index in [-0.39, 0.29) is 12.0 Å². The molecule has 1 atom stereocenters. The fraction of sp³-hybridized carbons (Fsp3) is 0.421. The quantitative estimate of drug-likeness (QED) is 0.839. The van der Waals surface area contributed by atoms with Crippen molar-refractivity contribution in [2.75, 3.05) is 25.0 Å². The van der Waals surface area contributed by atoms with Gasteiger partial charge in [-0.2, -0.15) is 0 Å². The number of amides is 1. The Morgan fingerprint density at radius 1 is 1.32 bits per heavy atom. The number of nitrogens with zero attached hydrogens (tertiary/aromatic N) is 3. The highest BCUT2D eigenvalue weighted by molar-refractivity contribution is 5.92. The zero-order chi connectivity index (χ0) is 17.5. The van der Waals surface area contributed by atoms with Crippen molar-refractivity contribution in [2.24, 2.45) is 0 Å². The highest BCUT2D eigenvalue weighted by Crippen LogP contribution is 2.14. The lowest BCUT2D eigenvalue weighted by atomic mass is 10.2. The van der Waals surface area contributed by atoms with Crippen LogP contribution in [0.4, 0.5) is 5.82 Å². The maximum absolute atomic E-state index is 12.8. The van der Waals surface area contributed by atoms with E-state index in [9.17, 15) is 4.79 Å². The number of carbonyl (C=O) groups excluding carboxylic acids is 1. The second-order valence-electron chi connectivity index (χ2n) is 6.11. The summed E-state index contributed by atoms with van der Waals surface area (Å²) < 4.78 is 5.59. The first kappa shape index (κ1) is 17.4. The molecule has 2 heterocycles. The first-order valence-electron chi connectivity index (χ1n) is 8.77. The molecular formula is C19H24N4O2. The summed E-state index contributed by atoms with van der Waals surface area (Å²) in [5.41, 5.74) is 1.51. The van der Waals surface area contributed by atoms with Gasteiger partial charge in [0.25, 0.3) is 5.91 Å². The lowest BCUT2D eigenvalue weighted by molar-refractivity contribution is 0.0746. The molecule has 1 saturated heterocycles. The Hall–Kier alpha value is -2.47. The summed E-state index contributed by atoms with van der Waals surface area (Å²) >= 11 is 0. The van der Waals surface area contributed by atoms with Gasteiger partial charge >= 0.3 is 0 Å². The summed E-state index contributed by atoms with van der Waals surface area (Å²) in [6.45, 7) is 4.69. The Kier molecular flexibility index (Phi) is 5.95. The molecule has 1 N–H and O–H groups in total. The highest BCUT2D eigenvalue weighted by Gasteiger charge is 2.18. The first-order valence-corrected chi connectivity index (χ1v) is 8.77. The molecule has 1 fully saturated rings. The molecule has 1 aliphatic heterocycles. The van der Waals surface area contributed by atoms with Crippen LogP contribution in [-0.2, 0) is 11.3 Å². The van der Waals surface area contributed by atoms with Crippen LogP contribution in [0.5, 0.6) is 0 Å². The number of hydrogen-bond acceptors (Lipinski definition) is 5. The van der Waals surface area contributed by atoms with Gasteiger partial charge in [0.15, 0.2) is 0 Å². The van der Waals surface area contributed by atoms with Crippen LogP contribution in [0, 0.1) is 0 Å². The van der Waals surface area contributed by atoms with Gasteiger partial charge in [-0.1, -0.05) is 30.3 Å². The minimum absolute atomic E-state index is 0.0890. The number of carbonyl (C=O) groups is 1. The average Bonchev–Trinajstić information content (AvgIpc) is 3.18. The molecule has 0 bridgehead atoms. The molecule has 25 heavy (non-hydrogen) atoms. The van der Waals surface area contributed by atoms with Crippen molar-refractivity contribution in [1.82, 2.24) is 14.9 Å². The van der Waals surface area contributed by atoms with Gasteiger partial charge in [0.2, 0.25) is 0 Å². The summed E-state index contributed by atoms with van der Waals surface area (Å²) in [6, 6.07) is 11.7. The van der Waals surface area contributed by atoms with Crippen molar-refractivity contribution >= 4 is 11.7 Å². The predicted molar refractivity (Wildman–Crippen MR) is 96.4 cm³/mol. The molecule has 6 heteroatoms. The molecule has 1 amide bonds. The number of ether oxygens (including phenoxy) is 1. The Balaban J connectivity index is 1.64. The van der Waals surface area contributed by atoms with Crippen molar-refractivity contribution in [3.8, 4) is 0 Å². The summed E-state index contributed by atoms with van der Waals surface area (Å²) in [5, 5.41) is 3.24. The molecule has 1 unspecified atom stereocenters. The zero-order valence-electron chi connectivity index (χ0n) is 14.5. The van der Waals surface area contributed by atoms with E-state index in [1.54, 1.807) is 11.0 Å². The van der Waals surface area contributed by atoms with Crippen LogP contribution in [0.25, 0.3) is 0 Å². The van der Waals surface area contributed by atoms with E-state index in [4.69, 9.17) is 4.74 Å². The van der Waals surface area contributed by atoms with Gasteiger partial charge in [0, 0.05) is 32.3 Å². The number of nitrogens with one attached hydrogen (secondary N) is 1. The maximum atomic E-state index is 12.8. The van der Waals surface area contributed by atoms with E-state index in [1.165, 1.54) is 6.33 Å². The highest BCUT2D eigenvalue weighted by atomic mass is 16.5. The monoisotopic (exact) mass is 340 g/mol. The predicted octanol–water partition coefficient (Wildman–Crippen LogP) is 2.73. The topological polar surface area (TPSA) is 67.4 Å². The normalized spacial score (nSPS) is 16.6. The van der Waals surface area contributed by atoms with Crippen LogP contribution in [0.2, 0.25) is 0 Å². The smallest absolute Gasteiger partial charge is 0.272 e. The van der Waals surface area contributed by atoms with Crippen LogP contribution < -0.4 is 5.32 Å². The molecule has 2 aromatic rings. The summed E-state index contributed by atoms with van der Waals surface area (Å²) in [5.74, 6) is 0.568. The molecule has 0 saturated carbocycles. The third-order valence-corrected chi connectivity index (χ3v) is 4.31. The molecule has 6 nitrogen and oxygen atoms in total. The molecule has 1 aromatic heterocycles. The zero-order valence-corrected chi connectivity index (χ0v) is 14.5. The second-order valence-corrected chi connectivity index (χ2v) is 6.11. The standard InChI is InChI=1S/C19H24N4O2/c1-2-23(13-15-7-4-3-5-8-15)19(24)17-11-18(22-14-21-17)20-12-16-9-6-10-25-16/h3-5,7-8,11,14,16H,2,6,9-10,12-13H2,1H3,(H,20,21,22). The number of anilines is 1. The van der Waals surface area contributed by atoms with Crippen LogP contribution in [0.15, 0.2) is 42.7 Å². The van der Waals surface area contributed by atoms with Gasteiger partial charge in [0.1, 0.15) is 17.8 Å². The maximum Gasteiger partial charge on any atom is 0.272 e. The molecule has 1 aliphatic rings. The molecule has 3 rings (SSSR count). The van der Waals surface area contributed by atoms with Crippen molar-refractivity contribution in [3.05, 3.63) is 54.0 Å². The Bertz CT molecular complexity index is 687. The minimum atomic E-state index is -0.0890. The van der Waals surface area contributed by atoms with Gasteiger partial charge in [-0.3, -0.25) is 4.79 Å². The van der Waals surface area contributed by atoms with Crippen LogP contribution in [0.1, 0.15) is 35.8 Å². The van der Waals surface area contributed by atoms with Gasteiger partial charge in [-0.25, -0.2) is 9.97 Å². The molecule has 1 aromatic carbocycles. The molecule has 0 spiro atoms. The third kappa shape index (κ3) is 4.76. The molecular weight excluding hydrogens is 316 g/mol. The second kappa shape index (κ2) is 8.58. The molecule has 0 aliphatic carbocycles. The third-order valence-electron chi connectivity index (χ3n) is 4.31. The fourth-order valence-electron chi connectivity index (χ4n) is 2.89. The number of hydrogen-bond donors (Lipinski definition) is 1. The van der Waals surface area contributed by atoms with Gasteiger partial charge in [-0.05, 0) is 25.3 Å². The first-order chi connectivity index (χ1) is 12.3.